The summed E-state index contributed by atoms with van der Waals surface area (Å²) in [6.45, 7) is 13.6. The molecule has 0 amide bonds. The molecule has 0 aromatic carbocycles. The first kappa shape index (κ1) is 19.9. The molecular formula is C17H38N2O. The van der Waals surface area contributed by atoms with Gasteiger partial charge in [-0.05, 0) is 45.3 Å². The van der Waals surface area contributed by atoms with Crippen LogP contribution in [-0.2, 0) is 4.74 Å². The smallest absolute Gasteiger partial charge is 0.0589 e. The molecule has 0 fully saturated rings. The van der Waals surface area contributed by atoms with Gasteiger partial charge in [0.1, 0.15) is 0 Å². The average molecular weight is 287 g/mol. The van der Waals surface area contributed by atoms with Crippen LogP contribution in [0.1, 0.15) is 47.0 Å². The number of hydrogen-bond donors (Lipinski definition) is 0. The quantitative estimate of drug-likeness (QED) is 0.547. The Hall–Kier alpha value is -0.120. The molecule has 0 spiro atoms. The van der Waals surface area contributed by atoms with Gasteiger partial charge in [-0.15, -0.1) is 0 Å². The molecule has 0 saturated heterocycles. The minimum Gasteiger partial charge on any atom is -0.383 e. The molecule has 0 rings (SSSR count). The minimum absolute atomic E-state index is 0.708. The van der Waals surface area contributed by atoms with E-state index in [1.807, 2.05) is 0 Å². The van der Waals surface area contributed by atoms with E-state index in [2.05, 4.69) is 51.6 Å². The van der Waals surface area contributed by atoms with E-state index in [9.17, 15) is 0 Å². The van der Waals surface area contributed by atoms with E-state index in [0.29, 0.717) is 6.04 Å². The molecule has 0 aromatic rings. The predicted molar refractivity (Wildman–Crippen MR) is 89.3 cm³/mol. The van der Waals surface area contributed by atoms with Crippen LogP contribution in [0, 0.1) is 11.8 Å². The van der Waals surface area contributed by atoms with Crippen molar-refractivity contribution in [2.24, 2.45) is 11.8 Å². The molecule has 2 unspecified atom stereocenters. The lowest BCUT2D eigenvalue weighted by Crippen LogP contribution is -2.39. The number of rotatable bonds is 12. The van der Waals surface area contributed by atoms with E-state index < -0.39 is 0 Å². The van der Waals surface area contributed by atoms with Crippen LogP contribution in [0.4, 0.5) is 0 Å². The first-order chi connectivity index (χ1) is 9.42. The molecule has 0 aliphatic heterocycles. The zero-order valence-corrected chi connectivity index (χ0v) is 15.0. The predicted octanol–water partition coefficient (Wildman–Crippen LogP) is 3.35. The summed E-state index contributed by atoms with van der Waals surface area (Å²) in [7, 11) is 6.25. The van der Waals surface area contributed by atoms with Crippen molar-refractivity contribution < 1.29 is 4.74 Å². The molecule has 2 atom stereocenters. The highest BCUT2D eigenvalue weighted by atomic mass is 16.5. The highest BCUT2D eigenvalue weighted by Crippen LogP contribution is 2.17. The highest BCUT2D eigenvalue weighted by Gasteiger charge is 2.19. The maximum atomic E-state index is 5.12. The lowest BCUT2D eigenvalue weighted by atomic mass is 9.96. The molecule has 0 N–H and O–H groups in total. The molecule has 3 nitrogen and oxygen atoms in total. The van der Waals surface area contributed by atoms with Crippen LogP contribution in [0.5, 0.6) is 0 Å². The molecule has 0 aliphatic rings. The van der Waals surface area contributed by atoms with Crippen molar-refractivity contribution in [1.82, 2.24) is 9.80 Å². The van der Waals surface area contributed by atoms with Crippen LogP contribution in [0.2, 0.25) is 0 Å². The zero-order valence-electron chi connectivity index (χ0n) is 15.0. The Labute approximate surface area is 127 Å². The van der Waals surface area contributed by atoms with Gasteiger partial charge in [-0.1, -0.05) is 34.1 Å². The fourth-order valence-corrected chi connectivity index (χ4v) is 2.75. The van der Waals surface area contributed by atoms with E-state index in [1.165, 1.54) is 32.4 Å². The van der Waals surface area contributed by atoms with Crippen LogP contribution in [-0.4, -0.2) is 63.3 Å². The lowest BCUT2D eigenvalue weighted by Gasteiger charge is -2.33. The molecule has 0 aromatic heterocycles. The summed E-state index contributed by atoms with van der Waals surface area (Å²) >= 11 is 0. The Kier molecular flexibility index (Phi) is 11.5. The van der Waals surface area contributed by atoms with Crippen LogP contribution in [0.3, 0.4) is 0 Å². The van der Waals surface area contributed by atoms with Gasteiger partial charge in [0.25, 0.3) is 0 Å². The van der Waals surface area contributed by atoms with Crippen molar-refractivity contribution in [2.45, 2.75) is 53.0 Å². The largest absolute Gasteiger partial charge is 0.383 e. The summed E-state index contributed by atoms with van der Waals surface area (Å²) < 4.78 is 5.12. The number of methoxy groups -OCH3 is 1. The summed E-state index contributed by atoms with van der Waals surface area (Å²) in [5.41, 5.74) is 0. The third kappa shape index (κ3) is 8.93. The Morgan fingerprint density at radius 2 is 1.70 bits per heavy atom. The monoisotopic (exact) mass is 286 g/mol. The number of nitrogens with zero attached hydrogens (tertiary/aromatic N) is 2. The maximum Gasteiger partial charge on any atom is 0.0589 e. The Balaban J connectivity index is 4.08. The first-order valence-corrected chi connectivity index (χ1v) is 8.30. The van der Waals surface area contributed by atoms with Gasteiger partial charge in [-0.25, -0.2) is 0 Å². The van der Waals surface area contributed by atoms with E-state index in [1.54, 1.807) is 7.11 Å². The van der Waals surface area contributed by atoms with Gasteiger partial charge in [0, 0.05) is 26.2 Å². The third-order valence-electron chi connectivity index (χ3n) is 4.35. The molecule has 3 heteroatoms. The normalized spacial score (nSPS) is 15.3. The molecule has 0 bridgehead atoms. The summed E-state index contributed by atoms with van der Waals surface area (Å²) in [4.78, 5) is 4.95. The Morgan fingerprint density at radius 3 is 2.20 bits per heavy atom. The van der Waals surface area contributed by atoms with E-state index in [0.717, 1.165) is 25.0 Å². The fourth-order valence-electron chi connectivity index (χ4n) is 2.75. The van der Waals surface area contributed by atoms with Crippen molar-refractivity contribution >= 4 is 0 Å². The molecule has 0 radical (unpaired) electrons. The fraction of sp³-hybridized carbons (Fsp3) is 1.00. The van der Waals surface area contributed by atoms with Crippen molar-refractivity contribution in [3.05, 3.63) is 0 Å². The second-order valence-corrected chi connectivity index (χ2v) is 6.70. The van der Waals surface area contributed by atoms with Gasteiger partial charge in [0.05, 0.1) is 6.61 Å². The standard InChI is InChI=1S/C17H38N2O/c1-8-16(4)14-19(6)17(15(2)3)10-9-11-18(5)12-13-20-7/h15-17H,8-14H2,1-7H3. The van der Waals surface area contributed by atoms with Crippen LogP contribution in [0.15, 0.2) is 0 Å². The maximum absolute atomic E-state index is 5.12. The van der Waals surface area contributed by atoms with Gasteiger partial charge in [-0.3, -0.25) is 0 Å². The summed E-state index contributed by atoms with van der Waals surface area (Å²) in [5, 5.41) is 0. The van der Waals surface area contributed by atoms with Crippen LogP contribution < -0.4 is 0 Å². The second kappa shape index (κ2) is 11.5. The Bertz CT molecular complexity index is 221. The highest BCUT2D eigenvalue weighted by molar-refractivity contribution is 4.74. The zero-order chi connectivity index (χ0) is 15.5. The second-order valence-electron chi connectivity index (χ2n) is 6.70. The number of ether oxygens (including phenoxy) is 1. The lowest BCUT2D eigenvalue weighted by molar-refractivity contribution is 0.141. The van der Waals surface area contributed by atoms with Crippen molar-refractivity contribution in [2.75, 3.05) is 47.4 Å². The summed E-state index contributed by atoms with van der Waals surface area (Å²) in [6, 6.07) is 0.708. The molecule has 20 heavy (non-hydrogen) atoms. The van der Waals surface area contributed by atoms with Crippen LogP contribution in [0.25, 0.3) is 0 Å². The minimum atomic E-state index is 0.708. The number of likely N-dealkylation sites (N-methyl/N-ethyl adjacent to an activating group) is 1. The first-order valence-electron chi connectivity index (χ1n) is 8.30. The van der Waals surface area contributed by atoms with E-state index in [4.69, 9.17) is 4.74 Å². The van der Waals surface area contributed by atoms with Gasteiger partial charge in [-0.2, -0.15) is 0 Å². The van der Waals surface area contributed by atoms with E-state index in [-0.39, 0.29) is 0 Å². The van der Waals surface area contributed by atoms with Gasteiger partial charge in [0.2, 0.25) is 0 Å². The van der Waals surface area contributed by atoms with Crippen molar-refractivity contribution in [1.29, 1.82) is 0 Å². The van der Waals surface area contributed by atoms with Crippen LogP contribution >= 0.6 is 0 Å². The van der Waals surface area contributed by atoms with E-state index >= 15 is 0 Å². The topological polar surface area (TPSA) is 15.7 Å². The average Bonchev–Trinajstić information content (AvgIpc) is 2.40. The third-order valence-corrected chi connectivity index (χ3v) is 4.35. The Morgan fingerprint density at radius 1 is 1.05 bits per heavy atom. The summed E-state index contributed by atoms with van der Waals surface area (Å²) in [5.74, 6) is 1.53. The molecule has 0 heterocycles. The number of hydrogen-bond acceptors (Lipinski definition) is 3. The molecule has 0 saturated carbocycles. The molecule has 0 aliphatic carbocycles. The summed E-state index contributed by atoms with van der Waals surface area (Å²) in [6.07, 6.45) is 3.84. The van der Waals surface area contributed by atoms with Gasteiger partial charge in [0.15, 0.2) is 0 Å². The molecular weight excluding hydrogens is 248 g/mol. The van der Waals surface area contributed by atoms with Crippen molar-refractivity contribution in [3.8, 4) is 0 Å². The van der Waals surface area contributed by atoms with Gasteiger partial charge < -0.3 is 14.5 Å². The van der Waals surface area contributed by atoms with Crippen molar-refractivity contribution in [3.63, 3.8) is 0 Å². The van der Waals surface area contributed by atoms with Gasteiger partial charge >= 0.3 is 0 Å². The molecule has 122 valence electrons. The SMILES string of the molecule is CCC(C)CN(C)C(CCCN(C)CCOC)C(C)C.